The normalized spacial score (nSPS) is 11.3. The van der Waals surface area contributed by atoms with Crippen molar-refractivity contribution in [2.45, 2.75) is 40.2 Å². The van der Waals surface area contributed by atoms with E-state index in [9.17, 15) is 0 Å². The lowest BCUT2D eigenvalue weighted by Crippen LogP contribution is -2.25. The van der Waals surface area contributed by atoms with Gasteiger partial charge in [0, 0.05) is 18.7 Å². The van der Waals surface area contributed by atoms with Crippen molar-refractivity contribution >= 4 is 0 Å². The Labute approximate surface area is 130 Å². The monoisotopic (exact) mass is 292 g/mol. The highest BCUT2D eigenvalue weighted by atomic mass is 16.5. The molecular formula is C18H32N2O. The van der Waals surface area contributed by atoms with Gasteiger partial charge in [0.2, 0.25) is 0 Å². The molecule has 0 amide bonds. The standard InChI is InChI=1S/C18H32N2O/c1-5-6-11-20(4)12-13-21-18-10-8-7-9-17(18)15-19-14-16(2)3/h7-10,16,19H,5-6,11-15H2,1-4H3. The Morgan fingerprint density at radius 3 is 2.67 bits per heavy atom. The summed E-state index contributed by atoms with van der Waals surface area (Å²) in [4.78, 5) is 2.34. The van der Waals surface area contributed by atoms with Crippen molar-refractivity contribution in [2.24, 2.45) is 5.92 Å². The quantitative estimate of drug-likeness (QED) is 0.675. The number of rotatable bonds is 11. The molecule has 0 aliphatic carbocycles. The largest absolute Gasteiger partial charge is 0.492 e. The van der Waals surface area contributed by atoms with Crippen LogP contribution in [0.1, 0.15) is 39.2 Å². The fourth-order valence-corrected chi connectivity index (χ4v) is 2.14. The summed E-state index contributed by atoms with van der Waals surface area (Å²) in [6.07, 6.45) is 2.50. The van der Waals surface area contributed by atoms with Gasteiger partial charge in [0.1, 0.15) is 12.4 Å². The summed E-state index contributed by atoms with van der Waals surface area (Å²) >= 11 is 0. The highest BCUT2D eigenvalue weighted by molar-refractivity contribution is 5.33. The maximum absolute atomic E-state index is 5.96. The van der Waals surface area contributed by atoms with E-state index in [0.717, 1.165) is 38.5 Å². The van der Waals surface area contributed by atoms with Crippen molar-refractivity contribution in [1.29, 1.82) is 0 Å². The fraction of sp³-hybridized carbons (Fsp3) is 0.667. The summed E-state index contributed by atoms with van der Waals surface area (Å²) in [5.74, 6) is 1.68. The molecule has 0 unspecified atom stereocenters. The van der Waals surface area contributed by atoms with Crippen LogP contribution in [-0.2, 0) is 6.54 Å². The van der Waals surface area contributed by atoms with Crippen LogP contribution in [-0.4, -0.2) is 38.2 Å². The molecule has 0 bridgehead atoms. The molecule has 0 atom stereocenters. The Hall–Kier alpha value is -1.06. The van der Waals surface area contributed by atoms with Crippen LogP contribution in [0.3, 0.4) is 0 Å². The average molecular weight is 292 g/mol. The molecule has 0 saturated heterocycles. The Morgan fingerprint density at radius 2 is 1.95 bits per heavy atom. The second kappa shape index (κ2) is 10.6. The first-order valence-electron chi connectivity index (χ1n) is 8.23. The van der Waals surface area contributed by atoms with Crippen molar-refractivity contribution in [3.05, 3.63) is 29.8 Å². The second-order valence-electron chi connectivity index (χ2n) is 6.14. The van der Waals surface area contributed by atoms with E-state index >= 15 is 0 Å². The lowest BCUT2D eigenvalue weighted by molar-refractivity contribution is 0.234. The number of likely N-dealkylation sites (N-methyl/N-ethyl adjacent to an activating group) is 1. The van der Waals surface area contributed by atoms with Crippen LogP contribution in [0.5, 0.6) is 5.75 Å². The first kappa shape index (κ1) is 18.0. The van der Waals surface area contributed by atoms with Gasteiger partial charge in [0.15, 0.2) is 0 Å². The molecule has 1 rings (SSSR count). The number of hydrogen-bond acceptors (Lipinski definition) is 3. The molecule has 3 heteroatoms. The molecule has 21 heavy (non-hydrogen) atoms. The van der Waals surface area contributed by atoms with Crippen molar-refractivity contribution in [2.75, 3.05) is 33.3 Å². The zero-order chi connectivity index (χ0) is 15.5. The third-order valence-corrected chi connectivity index (χ3v) is 3.46. The van der Waals surface area contributed by atoms with Crippen LogP contribution in [0, 0.1) is 5.92 Å². The van der Waals surface area contributed by atoms with Crippen LogP contribution >= 0.6 is 0 Å². The van der Waals surface area contributed by atoms with Crippen molar-refractivity contribution in [3.8, 4) is 5.75 Å². The number of benzene rings is 1. The maximum atomic E-state index is 5.96. The van der Waals surface area contributed by atoms with Gasteiger partial charge in [-0.25, -0.2) is 0 Å². The Morgan fingerprint density at radius 1 is 1.19 bits per heavy atom. The fourth-order valence-electron chi connectivity index (χ4n) is 2.14. The van der Waals surface area contributed by atoms with Gasteiger partial charge >= 0.3 is 0 Å². The minimum absolute atomic E-state index is 0.672. The number of unbranched alkanes of at least 4 members (excludes halogenated alkanes) is 1. The molecule has 0 aliphatic rings. The van der Waals surface area contributed by atoms with E-state index in [2.05, 4.69) is 56.2 Å². The van der Waals surface area contributed by atoms with Gasteiger partial charge in [-0.05, 0) is 38.5 Å². The Bertz CT molecular complexity index is 379. The SMILES string of the molecule is CCCCN(C)CCOc1ccccc1CNCC(C)C. The molecule has 0 heterocycles. The van der Waals surface area contributed by atoms with Crippen LogP contribution < -0.4 is 10.1 Å². The van der Waals surface area contributed by atoms with E-state index in [1.165, 1.54) is 18.4 Å². The molecule has 0 radical (unpaired) electrons. The van der Waals surface area contributed by atoms with Crippen LogP contribution in [0.2, 0.25) is 0 Å². The van der Waals surface area contributed by atoms with Crippen LogP contribution in [0.15, 0.2) is 24.3 Å². The number of para-hydroxylation sites is 1. The lowest BCUT2D eigenvalue weighted by atomic mass is 10.2. The van der Waals surface area contributed by atoms with Crippen molar-refractivity contribution < 1.29 is 4.74 Å². The van der Waals surface area contributed by atoms with E-state index in [1.807, 2.05) is 6.07 Å². The van der Waals surface area contributed by atoms with Crippen LogP contribution in [0.25, 0.3) is 0 Å². The topological polar surface area (TPSA) is 24.5 Å². The Balaban J connectivity index is 2.36. The molecular weight excluding hydrogens is 260 g/mol. The molecule has 1 aromatic carbocycles. The molecule has 0 fully saturated rings. The van der Waals surface area contributed by atoms with Gasteiger partial charge in [0.25, 0.3) is 0 Å². The van der Waals surface area contributed by atoms with E-state index in [4.69, 9.17) is 4.74 Å². The van der Waals surface area contributed by atoms with E-state index in [1.54, 1.807) is 0 Å². The number of nitrogens with zero attached hydrogens (tertiary/aromatic N) is 1. The van der Waals surface area contributed by atoms with Gasteiger partial charge in [0.05, 0.1) is 0 Å². The Kier molecular flexibility index (Phi) is 9.11. The van der Waals surface area contributed by atoms with E-state index in [-0.39, 0.29) is 0 Å². The zero-order valence-electron chi connectivity index (χ0n) is 14.2. The zero-order valence-corrected chi connectivity index (χ0v) is 14.2. The predicted octanol–water partition coefficient (Wildman–Crippen LogP) is 3.54. The van der Waals surface area contributed by atoms with Gasteiger partial charge in [-0.3, -0.25) is 0 Å². The van der Waals surface area contributed by atoms with E-state index < -0.39 is 0 Å². The minimum Gasteiger partial charge on any atom is -0.492 e. The highest BCUT2D eigenvalue weighted by Gasteiger charge is 2.04. The number of hydrogen-bond donors (Lipinski definition) is 1. The van der Waals surface area contributed by atoms with Crippen LogP contribution in [0.4, 0.5) is 0 Å². The minimum atomic E-state index is 0.672. The smallest absolute Gasteiger partial charge is 0.123 e. The molecule has 1 aromatic rings. The molecule has 0 spiro atoms. The summed E-state index contributed by atoms with van der Waals surface area (Å²) in [5, 5.41) is 3.48. The molecule has 0 saturated carbocycles. The summed E-state index contributed by atoms with van der Waals surface area (Å²) in [6.45, 7) is 11.5. The molecule has 3 nitrogen and oxygen atoms in total. The first-order chi connectivity index (χ1) is 10.1. The maximum Gasteiger partial charge on any atom is 0.123 e. The molecule has 0 aliphatic heterocycles. The van der Waals surface area contributed by atoms with Gasteiger partial charge in [-0.15, -0.1) is 0 Å². The molecule has 1 N–H and O–H groups in total. The summed E-state index contributed by atoms with van der Waals surface area (Å²) < 4.78 is 5.96. The third kappa shape index (κ3) is 8.08. The van der Waals surface area contributed by atoms with E-state index in [0.29, 0.717) is 5.92 Å². The van der Waals surface area contributed by atoms with Crippen molar-refractivity contribution in [1.82, 2.24) is 10.2 Å². The van der Waals surface area contributed by atoms with Gasteiger partial charge < -0.3 is 15.0 Å². The highest BCUT2D eigenvalue weighted by Crippen LogP contribution is 2.17. The van der Waals surface area contributed by atoms with Gasteiger partial charge in [-0.1, -0.05) is 45.4 Å². The summed E-state index contributed by atoms with van der Waals surface area (Å²) in [6, 6.07) is 8.33. The third-order valence-electron chi connectivity index (χ3n) is 3.46. The first-order valence-corrected chi connectivity index (χ1v) is 8.23. The average Bonchev–Trinajstić information content (AvgIpc) is 2.46. The summed E-state index contributed by atoms with van der Waals surface area (Å²) in [5.41, 5.74) is 1.24. The summed E-state index contributed by atoms with van der Waals surface area (Å²) in [7, 11) is 2.16. The van der Waals surface area contributed by atoms with Gasteiger partial charge in [-0.2, -0.15) is 0 Å². The second-order valence-corrected chi connectivity index (χ2v) is 6.14. The van der Waals surface area contributed by atoms with Crippen molar-refractivity contribution in [3.63, 3.8) is 0 Å². The molecule has 120 valence electrons. The number of ether oxygens (including phenoxy) is 1. The lowest BCUT2D eigenvalue weighted by Gasteiger charge is -2.18. The number of nitrogens with one attached hydrogen (secondary N) is 1. The molecule has 0 aromatic heterocycles. The predicted molar refractivity (Wildman–Crippen MR) is 90.9 cm³/mol.